The van der Waals surface area contributed by atoms with Crippen LogP contribution in [0.4, 0.5) is 0 Å². The van der Waals surface area contributed by atoms with Gasteiger partial charge >= 0.3 is 0 Å². The quantitative estimate of drug-likeness (QED) is 0.406. The van der Waals surface area contributed by atoms with Gasteiger partial charge in [0, 0.05) is 25.5 Å². The van der Waals surface area contributed by atoms with Gasteiger partial charge in [0.05, 0.1) is 27.7 Å². The number of carbonyl (C=O) groups excluding carboxylic acids is 2. The van der Waals surface area contributed by atoms with Gasteiger partial charge in [0.2, 0.25) is 0 Å². The van der Waals surface area contributed by atoms with E-state index < -0.39 is 11.7 Å². The molecule has 144 valence electrons. The minimum Gasteiger partial charge on any atom is -0.358 e. The molecule has 3 heterocycles. The van der Waals surface area contributed by atoms with E-state index in [9.17, 15) is 14.9 Å². The van der Waals surface area contributed by atoms with Crippen LogP contribution in [0.1, 0.15) is 28.8 Å². The zero-order valence-corrected chi connectivity index (χ0v) is 16.2. The summed E-state index contributed by atoms with van der Waals surface area (Å²) in [6, 6.07) is 13.4. The maximum absolute atomic E-state index is 12.8. The number of aromatic amines is 1. The van der Waals surface area contributed by atoms with Gasteiger partial charge in [-0.25, -0.2) is 0 Å². The van der Waals surface area contributed by atoms with E-state index in [0.717, 1.165) is 11.1 Å². The molecule has 0 unspecified atom stereocenters. The lowest BCUT2D eigenvalue weighted by atomic mass is 9.93. The average Bonchev–Trinajstić information content (AvgIpc) is 3.20. The van der Waals surface area contributed by atoms with Crippen LogP contribution in [0.25, 0.3) is 16.6 Å². The van der Waals surface area contributed by atoms with E-state index in [-0.39, 0.29) is 5.56 Å². The van der Waals surface area contributed by atoms with Gasteiger partial charge < -0.3 is 9.88 Å². The summed E-state index contributed by atoms with van der Waals surface area (Å²) in [6.45, 7) is 0.795. The van der Waals surface area contributed by atoms with E-state index in [1.165, 1.54) is 17.3 Å². The molecular weight excluding hydrogens is 388 g/mol. The van der Waals surface area contributed by atoms with Crippen molar-refractivity contribution in [1.29, 1.82) is 5.26 Å². The first-order valence-electron chi connectivity index (χ1n) is 9.23. The van der Waals surface area contributed by atoms with Crippen molar-refractivity contribution in [1.82, 2.24) is 14.9 Å². The monoisotopic (exact) mass is 404 g/mol. The highest BCUT2D eigenvalue weighted by Crippen LogP contribution is 2.28. The summed E-state index contributed by atoms with van der Waals surface area (Å²) in [4.78, 5) is 34.2. The SMILES string of the molecule is N#CC(=C1CCN(C(=O)C(=O)c2c[nH]c3c(Cl)ccnc23)CC1)c1ccccc1. The molecule has 6 nitrogen and oxygen atoms in total. The molecule has 1 N–H and O–H groups in total. The number of hydrogen-bond acceptors (Lipinski definition) is 4. The van der Waals surface area contributed by atoms with Gasteiger partial charge in [0.25, 0.3) is 11.7 Å². The predicted octanol–water partition coefficient (Wildman–Crippen LogP) is 4.00. The van der Waals surface area contributed by atoms with Crippen LogP contribution in [0, 0.1) is 11.3 Å². The number of hydrogen-bond donors (Lipinski definition) is 1. The van der Waals surface area contributed by atoms with Gasteiger partial charge in [-0.15, -0.1) is 0 Å². The van der Waals surface area contributed by atoms with Crippen LogP contribution in [-0.4, -0.2) is 39.6 Å². The van der Waals surface area contributed by atoms with Crippen LogP contribution in [0.15, 0.2) is 54.4 Å². The molecular formula is C22H17ClN4O2. The molecule has 0 bridgehead atoms. The third kappa shape index (κ3) is 3.53. The van der Waals surface area contributed by atoms with E-state index in [1.54, 1.807) is 6.07 Å². The predicted molar refractivity (Wildman–Crippen MR) is 110 cm³/mol. The van der Waals surface area contributed by atoms with Gasteiger partial charge in [0.15, 0.2) is 0 Å². The fraction of sp³-hybridized carbons (Fsp3) is 0.182. The smallest absolute Gasteiger partial charge is 0.295 e. The molecule has 29 heavy (non-hydrogen) atoms. The fourth-order valence-corrected chi connectivity index (χ4v) is 3.81. The third-order valence-electron chi connectivity index (χ3n) is 5.14. The van der Waals surface area contributed by atoms with Crippen molar-refractivity contribution in [3.8, 4) is 6.07 Å². The van der Waals surface area contributed by atoms with E-state index >= 15 is 0 Å². The Kier molecular flexibility index (Phi) is 5.15. The van der Waals surface area contributed by atoms with Gasteiger partial charge in [-0.1, -0.05) is 41.9 Å². The Morgan fingerprint density at radius 2 is 1.86 bits per heavy atom. The van der Waals surface area contributed by atoms with Crippen molar-refractivity contribution in [2.75, 3.05) is 13.1 Å². The Morgan fingerprint density at radius 1 is 1.14 bits per heavy atom. The normalized spacial score (nSPS) is 13.9. The van der Waals surface area contributed by atoms with E-state index in [1.807, 2.05) is 30.3 Å². The van der Waals surface area contributed by atoms with E-state index in [0.29, 0.717) is 47.6 Å². The number of pyridine rings is 1. The second-order valence-electron chi connectivity index (χ2n) is 6.80. The van der Waals surface area contributed by atoms with Crippen LogP contribution in [0.3, 0.4) is 0 Å². The molecule has 4 rings (SSSR count). The zero-order chi connectivity index (χ0) is 20.4. The average molecular weight is 405 g/mol. The molecule has 1 aliphatic heterocycles. The van der Waals surface area contributed by atoms with E-state index in [2.05, 4.69) is 16.0 Å². The van der Waals surface area contributed by atoms with Gasteiger partial charge in [0.1, 0.15) is 5.52 Å². The molecule has 2 aromatic heterocycles. The summed E-state index contributed by atoms with van der Waals surface area (Å²) in [7, 11) is 0. The highest BCUT2D eigenvalue weighted by Gasteiger charge is 2.29. The zero-order valence-electron chi connectivity index (χ0n) is 15.5. The van der Waals surface area contributed by atoms with Crippen molar-refractivity contribution in [2.24, 2.45) is 0 Å². The lowest BCUT2D eigenvalue weighted by Gasteiger charge is -2.28. The number of Topliss-reactive ketones (excluding diaryl/α,β-unsaturated/α-hetero) is 1. The number of ketones is 1. The van der Waals surface area contributed by atoms with Crippen LogP contribution in [0.2, 0.25) is 5.02 Å². The topological polar surface area (TPSA) is 89.9 Å². The largest absolute Gasteiger partial charge is 0.358 e. The van der Waals surface area contributed by atoms with Crippen molar-refractivity contribution in [3.05, 3.63) is 70.5 Å². The summed E-state index contributed by atoms with van der Waals surface area (Å²) < 4.78 is 0. The number of nitrogens with one attached hydrogen (secondary N) is 1. The molecule has 1 aromatic carbocycles. The van der Waals surface area contributed by atoms with Crippen molar-refractivity contribution >= 4 is 39.9 Å². The van der Waals surface area contributed by atoms with Gasteiger partial charge in [-0.3, -0.25) is 14.6 Å². The van der Waals surface area contributed by atoms with E-state index in [4.69, 9.17) is 11.6 Å². The minimum absolute atomic E-state index is 0.218. The molecule has 0 saturated carbocycles. The number of benzene rings is 1. The minimum atomic E-state index is -0.609. The highest BCUT2D eigenvalue weighted by atomic mass is 35.5. The number of likely N-dealkylation sites (tertiary alicyclic amines) is 1. The maximum atomic E-state index is 12.8. The lowest BCUT2D eigenvalue weighted by Crippen LogP contribution is -2.40. The van der Waals surface area contributed by atoms with Crippen LogP contribution < -0.4 is 0 Å². The standard InChI is InChI=1S/C22H17ClN4O2/c23-18-6-9-25-19-17(13-26-20(18)19)21(28)22(29)27-10-7-15(8-11-27)16(12-24)14-4-2-1-3-5-14/h1-6,9,13,26H,7-8,10-11H2. The molecule has 0 aliphatic carbocycles. The Hall–Kier alpha value is -3.43. The summed E-state index contributed by atoms with van der Waals surface area (Å²) in [5, 5.41) is 10.0. The van der Waals surface area contributed by atoms with Gasteiger partial charge in [-0.05, 0) is 30.0 Å². The Balaban J connectivity index is 1.52. The molecule has 0 radical (unpaired) electrons. The number of piperidine rings is 1. The molecule has 1 aliphatic rings. The second-order valence-corrected chi connectivity index (χ2v) is 7.20. The number of carbonyl (C=O) groups is 2. The molecule has 1 amide bonds. The third-order valence-corrected chi connectivity index (χ3v) is 5.45. The number of H-pyrrole nitrogens is 1. The molecule has 7 heteroatoms. The number of nitriles is 1. The summed E-state index contributed by atoms with van der Waals surface area (Å²) >= 11 is 6.10. The first kappa shape index (κ1) is 18.9. The second kappa shape index (κ2) is 7.90. The molecule has 1 fully saturated rings. The Bertz CT molecular complexity index is 1160. The molecule has 3 aromatic rings. The number of rotatable bonds is 3. The summed E-state index contributed by atoms with van der Waals surface area (Å²) in [6.07, 6.45) is 4.11. The number of amides is 1. The Morgan fingerprint density at radius 3 is 2.55 bits per heavy atom. The lowest BCUT2D eigenvalue weighted by molar-refractivity contribution is -0.126. The first-order valence-corrected chi connectivity index (χ1v) is 9.60. The van der Waals surface area contributed by atoms with Crippen molar-refractivity contribution in [2.45, 2.75) is 12.8 Å². The number of halogens is 1. The number of aromatic nitrogens is 2. The maximum Gasteiger partial charge on any atom is 0.295 e. The number of nitrogens with zero attached hydrogens (tertiary/aromatic N) is 3. The van der Waals surface area contributed by atoms with Crippen LogP contribution in [-0.2, 0) is 4.79 Å². The molecule has 1 saturated heterocycles. The summed E-state index contributed by atoms with van der Waals surface area (Å²) in [5.41, 5.74) is 3.69. The fourth-order valence-electron chi connectivity index (χ4n) is 3.61. The highest BCUT2D eigenvalue weighted by molar-refractivity contribution is 6.45. The van der Waals surface area contributed by atoms with Crippen molar-refractivity contribution < 1.29 is 9.59 Å². The number of allylic oxidation sites excluding steroid dienone is 1. The van der Waals surface area contributed by atoms with Crippen LogP contribution in [0.5, 0.6) is 0 Å². The van der Waals surface area contributed by atoms with Crippen LogP contribution >= 0.6 is 11.6 Å². The molecule has 0 spiro atoms. The Labute approximate surface area is 172 Å². The molecule has 0 atom stereocenters. The van der Waals surface area contributed by atoms with Gasteiger partial charge in [-0.2, -0.15) is 5.26 Å². The van der Waals surface area contributed by atoms with Crippen molar-refractivity contribution in [3.63, 3.8) is 0 Å². The number of fused-ring (bicyclic) bond motifs is 1. The summed E-state index contributed by atoms with van der Waals surface area (Å²) in [5.74, 6) is -1.17. The first-order chi connectivity index (χ1) is 14.1.